The van der Waals surface area contributed by atoms with Crippen LogP contribution in [0.2, 0.25) is 0 Å². The van der Waals surface area contributed by atoms with Gasteiger partial charge in [0.1, 0.15) is 31.5 Å². The van der Waals surface area contributed by atoms with Gasteiger partial charge < -0.3 is 18.9 Å². The molecule has 0 spiro atoms. The molecule has 21 heavy (non-hydrogen) atoms. The molecule has 1 rings (SSSR count). The van der Waals surface area contributed by atoms with E-state index in [1.54, 1.807) is 25.8 Å². The molecule has 0 aliphatic carbocycles. The predicted octanol–water partition coefficient (Wildman–Crippen LogP) is 1.36. The summed E-state index contributed by atoms with van der Waals surface area (Å²) in [6.45, 7) is 4.69. The van der Waals surface area contributed by atoms with Crippen LogP contribution in [0.25, 0.3) is 0 Å². The SMILES string of the molecule is CC#C[C@H](Cn1cc([C@H](CC)OCOC)nn1)OCOC. The molecule has 0 fully saturated rings. The number of rotatable bonds is 10. The molecule has 0 aliphatic rings. The third-order valence-electron chi connectivity index (χ3n) is 2.69. The highest BCUT2D eigenvalue weighted by Crippen LogP contribution is 2.18. The molecule has 1 aromatic heterocycles. The van der Waals surface area contributed by atoms with E-state index in [1.165, 1.54) is 0 Å². The summed E-state index contributed by atoms with van der Waals surface area (Å²) in [5.41, 5.74) is 0.768. The van der Waals surface area contributed by atoms with E-state index in [9.17, 15) is 0 Å². The summed E-state index contributed by atoms with van der Waals surface area (Å²) in [5, 5.41) is 8.21. The molecule has 0 N–H and O–H groups in total. The van der Waals surface area contributed by atoms with Crippen molar-refractivity contribution in [2.75, 3.05) is 27.8 Å². The first-order valence-corrected chi connectivity index (χ1v) is 6.78. The zero-order valence-electron chi connectivity index (χ0n) is 13.0. The van der Waals surface area contributed by atoms with E-state index in [-0.39, 0.29) is 25.8 Å². The quantitative estimate of drug-likeness (QED) is 0.480. The van der Waals surface area contributed by atoms with Crippen molar-refractivity contribution in [3.05, 3.63) is 11.9 Å². The summed E-state index contributed by atoms with van der Waals surface area (Å²) >= 11 is 0. The van der Waals surface area contributed by atoms with Crippen LogP contribution >= 0.6 is 0 Å². The van der Waals surface area contributed by atoms with Gasteiger partial charge in [-0.25, -0.2) is 4.68 Å². The fourth-order valence-corrected chi connectivity index (χ4v) is 1.73. The standard InChI is InChI=1S/C14H23N3O4/c1-5-7-12(20-10-18-3)8-17-9-13(15-16-17)14(6-2)21-11-19-4/h9,12,14H,6,8,10-11H2,1-4H3/t12-,14+/m1/s1. The number of ether oxygens (including phenoxy) is 4. The molecular weight excluding hydrogens is 274 g/mol. The first kappa shape index (κ1) is 17.6. The molecule has 1 aromatic rings. The van der Waals surface area contributed by atoms with Crippen molar-refractivity contribution >= 4 is 0 Å². The molecule has 0 radical (unpaired) electrons. The zero-order chi connectivity index (χ0) is 15.5. The Labute approximate surface area is 125 Å². The van der Waals surface area contributed by atoms with E-state index in [0.29, 0.717) is 6.54 Å². The Kier molecular flexibility index (Phi) is 8.62. The molecule has 0 aliphatic heterocycles. The van der Waals surface area contributed by atoms with Gasteiger partial charge in [0.15, 0.2) is 0 Å². The fraction of sp³-hybridized carbons (Fsp3) is 0.714. The van der Waals surface area contributed by atoms with Crippen LogP contribution in [0.4, 0.5) is 0 Å². The summed E-state index contributed by atoms with van der Waals surface area (Å²) in [5.74, 6) is 5.79. The van der Waals surface area contributed by atoms with Gasteiger partial charge in [0, 0.05) is 14.2 Å². The van der Waals surface area contributed by atoms with Crippen molar-refractivity contribution in [2.24, 2.45) is 0 Å². The van der Waals surface area contributed by atoms with Crippen LogP contribution in [-0.2, 0) is 25.5 Å². The Morgan fingerprint density at radius 2 is 1.95 bits per heavy atom. The van der Waals surface area contributed by atoms with E-state index in [1.807, 2.05) is 13.1 Å². The van der Waals surface area contributed by atoms with E-state index in [2.05, 4.69) is 22.2 Å². The maximum absolute atomic E-state index is 5.54. The topological polar surface area (TPSA) is 67.6 Å². The minimum absolute atomic E-state index is 0.130. The Morgan fingerprint density at radius 3 is 2.57 bits per heavy atom. The van der Waals surface area contributed by atoms with Crippen molar-refractivity contribution in [3.63, 3.8) is 0 Å². The molecule has 1 heterocycles. The molecule has 0 unspecified atom stereocenters. The normalized spacial score (nSPS) is 13.5. The second kappa shape index (κ2) is 10.3. The van der Waals surface area contributed by atoms with Crippen LogP contribution < -0.4 is 0 Å². The molecule has 0 aromatic carbocycles. The third kappa shape index (κ3) is 6.23. The van der Waals surface area contributed by atoms with Gasteiger partial charge in [-0.05, 0) is 13.3 Å². The van der Waals surface area contributed by atoms with Crippen LogP contribution in [0.3, 0.4) is 0 Å². The average molecular weight is 297 g/mol. The van der Waals surface area contributed by atoms with Gasteiger partial charge >= 0.3 is 0 Å². The summed E-state index contributed by atoms with van der Waals surface area (Å²) < 4.78 is 22.5. The van der Waals surface area contributed by atoms with Gasteiger partial charge in [0.05, 0.1) is 12.7 Å². The van der Waals surface area contributed by atoms with Gasteiger partial charge in [-0.2, -0.15) is 0 Å². The molecule has 0 amide bonds. The lowest BCUT2D eigenvalue weighted by molar-refractivity contribution is -0.0757. The van der Waals surface area contributed by atoms with Gasteiger partial charge in [-0.3, -0.25) is 0 Å². The highest BCUT2D eigenvalue weighted by atomic mass is 16.7. The second-order valence-electron chi connectivity index (χ2n) is 4.29. The van der Waals surface area contributed by atoms with E-state index < -0.39 is 0 Å². The summed E-state index contributed by atoms with van der Waals surface area (Å²) in [6.07, 6.45) is 2.21. The molecule has 0 bridgehead atoms. The monoisotopic (exact) mass is 297 g/mol. The maximum Gasteiger partial charge on any atom is 0.148 e. The van der Waals surface area contributed by atoms with Gasteiger partial charge in [-0.15, -0.1) is 11.0 Å². The lowest BCUT2D eigenvalue weighted by atomic mass is 10.2. The highest BCUT2D eigenvalue weighted by molar-refractivity contribution is 5.03. The lowest BCUT2D eigenvalue weighted by Gasteiger charge is -2.12. The van der Waals surface area contributed by atoms with E-state index in [0.717, 1.165) is 12.1 Å². The van der Waals surface area contributed by atoms with Crippen LogP contribution in [0, 0.1) is 11.8 Å². The Balaban J connectivity index is 2.64. The number of hydrogen-bond donors (Lipinski definition) is 0. The van der Waals surface area contributed by atoms with Crippen molar-refractivity contribution < 1.29 is 18.9 Å². The van der Waals surface area contributed by atoms with E-state index in [4.69, 9.17) is 18.9 Å². The molecule has 118 valence electrons. The number of aromatic nitrogens is 3. The van der Waals surface area contributed by atoms with Crippen molar-refractivity contribution in [3.8, 4) is 11.8 Å². The van der Waals surface area contributed by atoms with E-state index >= 15 is 0 Å². The second-order valence-corrected chi connectivity index (χ2v) is 4.29. The fourth-order valence-electron chi connectivity index (χ4n) is 1.73. The Hall–Kier alpha value is -1.46. The predicted molar refractivity (Wildman–Crippen MR) is 76.2 cm³/mol. The highest BCUT2D eigenvalue weighted by Gasteiger charge is 2.15. The third-order valence-corrected chi connectivity index (χ3v) is 2.69. The molecule has 2 atom stereocenters. The summed E-state index contributed by atoms with van der Waals surface area (Å²) in [6, 6.07) is 0. The smallest absolute Gasteiger partial charge is 0.148 e. The maximum atomic E-state index is 5.54. The van der Waals surface area contributed by atoms with Crippen LogP contribution in [0.15, 0.2) is 6.20 Å². The lowest BCUT2D eigenvalue weighted by Crippen LogP contribution is -2.20. The molecular formula is C14H23N3O4. The number of hydrogen-bond acceptors (Lipinski definition) is 6. The average Bonchev–Trinajstić information content (AvgIpc) is 2.94. The van der Waals surface area contributed by atoms with Gasteiger partial charge in [0.25, 0.3) is 0 Å². The van der Waals surface area contributed by atoms with Crippen LogP contribution in [0.5, 0.6) is 0 Å². The van der Waals surface area contributed by atoms with Crippen molar-refractivity contribution in [1.82, 2.24) is 15.0 Å². The Morgan fingerprint density at radius 1 is 1.24 bits per heavy atom. The van der Waals surface area contributed by atoms with Crippen LogP contribution in [-0.4, -0.2) is 48.9 Å². The first-order chi connectivity index (χ1) is 10.2. The van der Waals surface area contributed by atoms with Crippen molar-refractivity contribution in [2.45, 2.75) is 39.0 Å². The largest absolute Gasteiger partial charge is 0.359 e. The molecule has 0 saturated heterocycles. The minimum Gasteiger partial charge on any atom is -0.359 e. The minimum atomic E-state index is -0.288. The van der Waals surface area contributed by atoms with Gasteiger partial charge in [0.2, 0.25) is 0 Å². The number of methoxy groups -OCH3 is 2. The zero-order valence-corrected chi connectivity index (χ0v) is 13.0. The van der Waals surface area contributed by atoms with Gasteiger partial charge in [-0.1, -0.05) is 18.1 Å². The number of nitrogens with zero attached hydrogens (tertiary/aromatic N) is 3. The van der Waals surface area contributed by atoms with Crippen molar-refractivity contribution in [1.29, 1.82) is 0 Å². The Bertz CT molecular complexity index is 453. The summed E-state index contributed by atoms with van der Waals surface area (Å²) in [4.78, 5) is 0. The molecule has 7 nitrogen and oxygen atoms in total. The molecule has 0 saturated carbocycles. The summed E-state index contributed by atoms with van der Waals surface area (Å²) in [7, 11) is 3.16. The molecule has 7 heteroatoms. The van der Waals surface area contributed by atoms with Crippen LogP contribution in [0.1, 0.15) is 32.1 Å². The first-order valence-electron chi connectivity index (χ1n) is 6.78.